The van der Waals surface area contributed by atoms with Gasteiger partial charge in [-0.15, -0.1) is 11.3 Å². The number of ether oxygens (including phenoxy) is 2. The molecule has 0 aliphatic carbocycles. The number of rotatable bonds is 4. The molecule has 1 N–H and O–H groups in total. The number of anilines is 1. The van der Waals surface area contributed by atoms with Crippen molar-refractivity contribution in [3.05, 3.63) is 29.4 Å². The molecule has 7 heteroatoms. The lowest BCUT2D eigenvalue weighted by Gasteiger charge is -2.07. The van der Waals surface area contributed by atoms with Crippen molar-refractivity contribution < 1.29 is 18.7 Å². The first-order valence-corrected chi connectivity index (χ1v) is 7.77. The normalized spacial score (nSPS) is 17.5. The number of nitrogens with zero attached hydrogens (tertiary/aromatic N) is 1. The maximum atomic E-state index is 13.7. The SMILES string of the molecule is COc1ccc(-c2csc(NC(=O)[C@H]3CCCO3)n2)cc1F. The standard InChI is InChI=1S/C15H15FN2O3S/c1-20-12-5-4-9(7-10(12)16)11-8-22-15(17-11)18-14(19)13-3-2-6-21-13/h4-5,7-8,13H,2-3,6H2,1H3,(H,17,18,19)/t13-/m1/s1. The van der Waals surface area contributed by atoms with Crippen LogP contribution in [0.4, 0.5) is 9.52 Å². The van der Waals surface area contributed by atoms with Crippen LogP contribution >= 0.6 is 11.3 Å². The lowest BCUT2D eigenvalue weighted by Crippen LogP contribution is -2.26. The summed E-state index contributed by atoms with van der Waals surface area (Å²) in [5, 5.41) is 4.98. The van der Waals surface area contributed by atoms with Crippen molar-refractivity contribution in [2.45, 2.75) is 18.9 Å². The molecule has 2 heterocycles. The molecular formula is C15H15FN2O3S. The summed E-state index contributed by atoms with van der Waals surface area (Å²) in [5.74, 6) is -0.442. The van der Waals surface area contributed by atoms with Crippen LogP contribution in [-0.2, 0) is 9.53 Å². The Bertz CT molecular complexity index is 683. The van der Waals surface area contributed by atoms with E-state index in [-0.39, 0.29) is 11.7 Å². The van der Waals surface area contributed by atoms with Crippen molar-refractivity contribution in [1.82, 2.24) is 4.98 Å². The summed E-state index contributed by atoms with van der Waals surface area (Å²) in [5.41, 5.74) is 1.24. The van der Waals surface area contributed by atoms with Crippen molar-refractivity contribution in [2.24, 2.45) is 0 Å². The van der Waals surface area contributed by atoms with E-state index in [1.165, 1.54) is 24.5 Å². The van der Waals surface area contributed by atoms with Crippen molar-refractivity contribution in [1.29, 1.82) is 0 Å². The van der Waals surface area contributed by atoms with E-state index in [0.29, 0.717) is 23.0 Å². The van der Waals surface area contributed by atoms with Crippen molar-refractivity contribution >= 4 is 22.4 Å². The Morgan fingerprint density at radius 2 is 2.41 bits per heavy atom. The van der Waals surface area contributed by atoms with Gasteiger partial charge >= 0.3 is 0 Å². The average molecular weight is 322 g/mol. The predicted molar refractivity (Wildman–Crippen MR) is 81.7 cm³/mol. The van der Waals surface area contributed by atoms with Gasteiger partial charge < -0.3 is 9.47 Å². The van der Waals surface area contributed by atoms with Crippen LogP contribution in [0.2, 0.25) is 0 Å². The van der Waals surface area contributed by atoms with Crippen LogP contribution in [0.1, 0.15) is 12.8 Å². The zero-order valence-electron chi connectivity index (χ0n) is 12.0. The number of hydrogen-bond acceptors (Lipinski definition) is 5. The van der Waals surface area contributed by atoms with Crippen molar-refractivity contribution in [3.8, 4) is 17.0 Å². The number of carbonyl (C=O) groups is 1. The smallest absolute Gasteiger partial charge is 0.255 e. The molecule has 1 atom stereocenters. The van der Waals surface area contributed by atoms with Gasteiger partial charge in [0.25, 0.3) is 5.91 Å². The summed E-state index contributed by atoms with van der Waals surface area (Å²) in [6.07, 6.45) is 1.23. The maximum Gasteiger partial charge on any atom is 0.255 e. The molecule has 1 saturated heterocycles. The summed E-state index contributed by atoms with van der Waals surface area (Å²) in [4.78, 5) is 16.3. The fraction of sp³-hybridized carbons (Fsp3) is 0.333. The number of benzene rings is 1. The number of thiazole rings is 1. The number of methoxy groups -OCH3 is 1. The number of halogens is 1. The molecule has 0 radical (unpaired) electrons. The second kappa shape index (κ2) is 6.41. The summed E-state index contributed by atoms with van der Waals surface area (Å²) in [7, 11) is 1.42. The summed E-state index contributed by atoms with van der Waals surface area (Å²) >= 11 is 1.30. The van der Waals surface area contributed by atoms with Crippen LogP contribution in [0.5, 0.6) is 5.75 Å². The number of nitrogens with one attached hydrogen (secondary N) is 1. The minimum Gasteiger partial charge on any atom is -0.494 e. The number of aromatic nitrogens is 1. The molecule has 1 amide bonds. The van der Waals surface area contributed by atoms with Gasteiger partial charge in [-0.25, -0.2) is 9.37 Å². The first-order valence-electron chi connectivity index (χ1n) is 6.89. The molecule has 0 saturated carbocycles. The zero-order chi connectivity index (χ0) is 15.5. The molecular weight excluding hydrogens is 307 g/mol. The molecule has 1 aromatic heterocycles. The Labute approximate surface area is 131 Å². The molecule has 2 aromatic rings. The van der Waals surface area contributed by atoms with Gasteiger partial charge in [0, 0.05) is 17.6 Å². The van der Waals surface area contributed by atoms with E-state index in [9.17, 15) is 9.18 Å². The number of hydrogen-bond donors (Lipinski definition) is 1. The van der Waals surface area contributed by atoms with Crippen LogP contribution in [0.15, 0.2) is 23.6 Å². The molecule has 3 rings (SSSR count). The molecule has 1 aliphatic rings. The van der Waals surface area contributed by atoms with Crippen LogP contribution < -0.4 is 10.1 Å². The molecule has 0 spiro atoms. The molecule has 116 valence electrons. The first-order chi connectivity index (χ1) is 10.7. The fourth-order valence-electron chi connectivity index (χ4n) is 2.26. The molecule has 1 fully saturated rings. The Morgan fingerprint density at radius 1 is 1.55 bits per heavy atom. The topological polar surface area (TPSA) is 60.5 Å². The minimum atomic E-state index is -0.446. The molecule has 1 aliphatic heterocycles. The second-order valence-electron chi connectivity index (χ2n) is 4.88. The third kappa shape index (κ3) is 3.10. The summed E-state index contributed by atoms with van der Waals surface area (Å²) in [6.45, 7) is 0.617. The highest BCUT2D eigenvalue weighted by molar-refractivity contribution is 7.14. The first kappa shape index (κ1) is 14.9. The molecule has 0 bridgehead atoms. The molecule has 1 aromatic carbocycles. The van der Waals surface area contributed by atoms with Gasteiger partial charge in [0.15, 0.2) is 16.7 Å². The average Bonchev–Trinajstić information content (AvgIpc) is 3.18. The Morgan fingerprint density at radius 3 is 3.09 bits per heavy atom. The second-order valence-corrected chi connectivity index (χ2v) is 5.74. The van der Waals surface area contributed by atoms with Crippen LogP contribution in [0, 0.1) is 5.82 Å². The van der Waals surface area contributed by atoms with Gasteiger partial charge in [-0.1, -0.05) is 0 Å². The van der Waals surface area contributed by atoms with E-state index in [2.05, 4.69) is 10.3 Å². The van der Waals surface area contributed by atoms with Gasteiger partial charge in [0.05, 0.1) is 12.8 Å². The van der Waals surface area contributed by atoms with Gasteiger partial charge in [-0.2, -0.15) is 0 Å². The highest BCUT2D eigenvalue weighted by atomic mass is 32.1. The van der Waals surface area contributed by atoms with Crippen molar-refractivity contribution in [2.75, 3.05) is 19.0 Å². The van der Waals surface area contributed by atoms with E-state index in [4.69, 9.17) is 9.47 Å². The van der Waals surface area contributed by atoms with E-state index < -0.39 is 11.9 Å². The Kier molecular flexibility index (Phi) is 4.35. The van der Waals surface area contributed by atoms with E-state index in [1.807, 2.05) is 0 Å². The van der Waals surface area contributed by atoms with Crippen LogP contribution in [0.25, 0.3) is 11.3 Å². The van der Waals surface area contributed by atoms with Crippen LogP contribution in [0.3, 0.4) is 0 Å². The summed E-state index contributed by atoms with van der Waals surface area (Å²) < 4.78 is 23.9. The molecule has 22 heavy (non-hydrogen) atoms. The van der Waals surface area contributed by atoms with Gasteiger partial charge in [-0.05, 0) is 31.0 Å². The number of carbonyl (C=O) groups excluding carboxylic acids is 1. The quantitative estimate of drug-likeness (QED) is 0.940. The van der Waals surface area contributed by atoms with Gasteiger partial charge in [0.1, 0.15) is 6.10 Å². The Hall–Kier alpha value is -1.99. The van der Waals surface area contributed by atoms with Gasteiger partial charge in [0.2, 0.25) is 0 Å². The highest BCUT2D eigenvalue weighted by Crippen LogP contribution is 2.28. The van der Waals surface area contributed by atoms with Crippen LogP contribution in [-0.4, -0.2) is 30.7 Å². The maximum absolute atomic E-state index is 13.7. The Balaban J connectivity index is 1.73. The van der Waals surface area contributed by atoms with E-state index in [0.717, 1.165) is 12.8 Å². The van der Waals surface area contributed by atoms with Crippen molar-refractivity contribution in [3.63, 3.8) is 0 Å². The van der Waals surface area contributed by atoms with E-state index >= 15 is 0 Å². The molecule has 5 nitrogen and oxygen atoms in total. The predicted octanol–water partition coefficient (Wildman–Crippen LogP) is 3.08. The third-order valence-electron chi connectivity index (χ3n) is 3.40. The summed E-state index contributed by atoms with van der Waals surface area (Å²) in [6, 6.07) is 4.64. The third-order valence-corrected chi connectivity index (χ3v) is 4.16. The monoisotopic (exact) mass is 322 g/mol. The van der Waals surface area contributed by atoms with E-state index in [1.54, 1.807) is 17.5 Å². The number of amides is 1. The largest absolute Gasteiger partial charge is 0.494 e. The van der Waals surface area contributed by atoms with Gasteiger partial charge in [-0.3, -0.25) is 10.1 Å². The zero-order valence-corrected chi connectivity index (χ0v) is 12.8. The molecule has 0 unspecified atom stereocenters. The fourth-order valence-corrected chi connectivity index (χ4v) is 2.98. The lowest BCUT2D eigenvalue weighted by molar-refractivity contribution is -0.124. The lowest BCUT2D eigenvalue weighted by atomic mass is 10.1. The highest BCUT2D eigenvalue weighted by Gasteiger charge is 2.24. The minimum absolute atomic E-state index is 0.181.